The molecule has 2 aliphatic heterocycles. The van der Waals surface area contributed by atoms with E-state index in [4.69, 9.17) is 4.74 Å². The van der Waals surface area contributed by atoms with Gasteiger partial charge in [0.25, 0.3) is 0 Å². The monoisotopic (exact) mass is 409 g/mol. The van der Waals surface area contributed by atoms with Crippen molar-refractivity contribution >= 4 is 21.8 Å². The molecule has 2 saturated heterocycles. The molecule has 2 fully saturated rings. The number of hydrogen-bond acceptors (Lipinski definition) is 6. The van der Waals surface area contributed by atoms with Crippen molar-refractivity contribution in [3.05, 3.63) is 35.9 Å². The summed E-state index contributed by atoms with van der Waals surface area (Å²) in [5.74, 6) is -0.399. The minimum Gasteiger partial charge on any atom is -0.445 e. The highest BCUT2D eigenvalue weighted by atomic mass is 32.2. The smallest absolute Gasteiger partial charge is 0.407 e. The van der Waals surface area contributed by atoms with Crippen LogP contribution in [-0.4, -0.2) is 68.5 Å². The van der Waals surface area contributed by atoms with E-state index < -0.39 is 27.9 Å². The zero-order valence-electron chi connectivity index (χ0n) is 15.8. The first-order chi connectivity index (χ1) is 13.4. The molecule has 0 bridgehead atoms. The van der Waals surface area contributed by atoms with Gasteiger partial charge in [0.2, 0.25) is 5.91 Å². The van der Waals surface area contributed by atoms with Gasteiger partial charge in [0.1, 0.15) is 13.2 Å². The summed E-state index contributed by atoms with van der Waals surface area (Å²) >= 11 is 0. The van der Waals surface area contributed by atoms with E-state index in [9.17, 15) is 18.0 Å². The fourth-order valence-electron chi connectivity index (χ4n) is 3.76. The first kappa shape index (κ1) is 20.6. The molecule has 0 radical (unpaired) electrons. The Labute approximate surface area is 165 Å². The average Bonchev–Trinajstić information content (AvgIpc) is 3.00. The molecular weight excluding hydrogens is 382 g/mol. The summed E-state index contributed by atoms with van der Waals surface area (Å²) in [4.78, 5) is 26.1. The summed E-state index contributed by atoms with van der Waals surface area (Å²) in [7, 11) is -3.18. The maximum atomic E-state index is 12.2. The Morgan fingerprint density at radius 3 is 2.50 bits per heavy atom. The summed E-state index contributed by atoms with van der Waals surface area (Å²) in [5, 5.41) is 5.19. The van der Waals surface area contributed by atoms with Crippen LogP contribution in [-0.2, 0) is 26.0 Å². The van der Waals surface area contributed by atoms with Gasteiger partial charge in [-0.3, -0.25) is 9.69 Å². The summed E-state index contributed by atoms with van der Waals surface area (Å²) in [6.45, 7) is 1.58. The number of nitrogens with one attached hydrogen (secondary N) is 2. The fraction of sp³-hybridized carbons (Fsp3) is 0.579. The third kappa shape index (κ3) is 5.93. The summed E-state index contributed by atoms with van der Waals surface area (Å²) in [6, 6.07) is 8.59. The summed E-state index contributed by atoms with van der Waals surface area (Å²) in [5.41, 5.74) is 0.850. The van der Waals surface area contributed by atoms with Gasteiger partial charge in [-0.05, 0) is 31.5 Å². The third-order valence-electron chi connectivity index (χ3n) is 5.13. The zero-order valence-corrected chi connectivity index (χ0v) is 16.6. The first-order valence-corrected chi connectivity index (χ1v) is 11.4. The lowest BCUT2D eigenvalue weighted by atomic mass is 10.0. The molecule has 3 rings (SSSR count). The minimum absolute atomic E-state index is 0.0572. The molecule has 0 saturated carbocycles. The number of amides is 2. The second-order valence-corrected chi connectivity index (χ2v) is 9.48. The topological polar surface area (TPSA) is 105 Å². The Morgan fingerprint density at radius 1 is 1.07 bits per heavy atom. The normalized spacial score (nSPS) is 24.4. The fourth-order valence-corrected chi connectivity index (χ4v) is 5.71. The van der Waals surface area contributed by atoms with Gasteiger partial charge in [-0.25, -0.2) is 13.2 Å². The van der Waals surface area contributed by atoms with Crippen molar-refractivity contribution in [3.8, 4) is 0 Å². The van der Waals surface area contributed by atoms with Crippen LogP contribution in [0.3, 0.4) is 0 Å². The van der Waals surface area contributed by atoms with Crippen molar-refractivity contribution in [1.29, 1.82) is 0 Å². The van der Waals surface area contributed by atoms with Gasteiger partial charge in [-0.2, -0.15) is 0 Å². The molecule has 1 aromatic rings. The number of sulfone groups is 1. The van der Waals surface area contributed by atoms with Crippen LogP contribution in [0.5, 0.6) is 0 Å². The van der Waals surface area contributed by atoms with Crippen molar-refractivity contribution in [2.75, 3.05) is 31.1 Å². The number of carbonyl (C=O) groups excluding carboxylic acids is 2. The first-order valence-electron chi connectivity index (χ1n) is 9.61. The predicted molar refractivity (Wildman–Crippen MR) is 104 cm³/mol. The van der Waals surface area contributed by atoms with Crippen LogP contribution in [0.2, 0.25) is 0 Å². The van der Waals surface area contributed by atoms with Crippen LogP contribution in [0.4, 0.5) is 4.79 Å². The summed E-state index contributed by atoms with van der Waals surface area (Å²) < 4.78 is 29.3. The predicted octanol–water partition coefficient (Wildman–Crippen LogP) is 0.681. The lowest BCUT2D eigenvalue weighted by Crippen LogP contribution is -2.53. The maximum Gasteiger partial charge on any atom is 0.407 e. The van der Waals surface area contributed by atoms with Gasteiger partial charge < -0.3 is 15.4 Å². The minimum atomic E-state index is -3.18. The highest BCUT2D eigenvalue weighted by Gasteiger charge is 2.41. The van der Waals surface area contributed by atoms with Gasteiger partial charge in [-0.1, -0.05) is 36.8 Å². The SMILES string of the molecule is O=C(CNC(=O)OCc1ccccc1)NC1CS(=O)(=O)CC1N1CCCCC1. The molecule has 2 unspecified atom stereocenters. The number of piperidine rings is 1. The number of carbonyl (C=O) groups is 2. The molecule has 9 heteroatoms. The molecule has 0 aliphatic carbocycles. The maximum absolute atomic E-state index is 12.2. The van der Waals surface area contributed by atoms with E-state index in [1.807, 2.05) is 30.3 Å². The molecule has 0 spiro atoms. The number of benzene rings is 1. The molecular formula is C19H27N3O5S. The van der Waals surface area contributed by atoms with Gasteiger partial charge >= 0.3 is 6.09 Å². The van der Waals surface area contributed by atoms with Gasteiger partial charge in [0, 0.05) is 6.04 Å². The van der Waals surface area contributed by atoms with Crippen molar-refractivity contribution in [2.24, 2.45) is 0 Å². The Bertz CT molecular complexity index is 778. The Balaban J connectivity index is 1.45. The quantitative estimate of drug-likeness (QED) is 0.716. The van der Waals surface area contributed by atoms with E-state index in [0.717, 1.165) is 37.9 Å². The third-order valence-corrected chi connectivity index (χ3v) is 6.85. The Morgan fingerprint density at radius 2 is 1.79 bits per heavy atom. The second-order valence-electron chi connectivity index (χ2n) is 7.33. The van der Waals surface area contributed by atoms with E-state index in [-0.39, 0.29) is 30.7 Å². The number of nitrogens with zero attached hydrogens (tertiary/aromatic N) is 1. The van der Waals surface area contributed by atoms with E-state index in [1.165, 1.54) is 0 Å². The highest BCUT2D eigenvalue weighted by molar-refractivity contribution is 7.91. The molecule has 2 N–H and O–H groups in total. The summed E-state index contributed by atoms with van der Waals surface area (Å²) in [6.07, 6.45) is 2.56. The molecule has 154 valence electrons. The average molecular weight is 410 g/mol. The van der Waals surface area contributed by atoms with Crippen molar-refractivity contribution < 1.29 is 22.7 Å². The number of ether oxygens (including phenoxy) is 1. The number of hydrogen-bond donors (Lipinski definition) is 2. The van der Waals surface area contributed by atoms with Crippen molar-refractivity contribution in [2.45, 2.75) is 38.0 Å². The van der Waals surface area contributed by atoms with Crippen LogP contribution in [0.25, 0.3) is 0 Å². The van der Waals surface area contributed by atoms with Crippen LogP contribution in [0.15, 0.2) is 30.3 Å². The highest BCUT2D eigenvalue weighted by Crippen LogP contribution is 2.22. The molecule has 2 amide bonds. The van der Waals surface area contributed by atoms with Gasteiger partial charge in [0.05, 0.1) is 17.5 Å². The lowest BCUT2D eigenvalue weighted by molar-refractivity contribution is -0.121. The Kier molecular flexibility index (Phi) is 6.90. The molecule has 1 aromatic carbocycles. The van der Waals surface area contributed by atoms with E-state index in [2.05, 4.69) is 15.5 Å². The van der Waals surface area contributed by atoms with Gasteiger partial charge in [0.15, 0.2) is 9.84 Å². The van der Waals surface area contributed by atoms with E-state index in [0.29, 0.717) is 0 Å². The lowest BCUT2D eigenvalue weighted by Gasteiger charge is -2.35. The number of likely N-dealkylation sites (tertiary alicyclic amines) is 1. The van der Waals surface area contributed by atoms with Crippen molar-refractivity contribution in [3.63, 3.8) is 0 Å². The van der Waals surface area contributed by atoms with E-state index >= 15 is 0 Å². The molecule has 28 heavy (non-hydrogen) atoms. The zero-order chi connectivity index (χ0) is 20.0. The molecule has 2 heterocycles. The number of alkyl carbamates (subject to hydrolysis) is 1. The second kappa shape index (κ2) is 9.38. The van der Waals surface area contributed by atoms with Gasteiger partial charge in [-0.15, -0.1) is 0 Å². The van der Waals surface area contributed by atoms with E-state index in [1.54, 1.807) is 0 Å². The van der Waals surface area contributed by atoms with Crippen molar-refractivity contribution in [1.82, 2.24) is 15.5 Å². The standard InChI is InChI=1S/C19H27N3O5S/c23-18(11-20-19(24)27-12-15-7-3-1-4-8-15)21-16-13-28(25,26)14-17(16)22-9-5-2-6-10-22/h1,3-4,7-8,16-17H,2,5-6,9-14H2,(H,20,24)(H,21,23). The van der Waals surface area contributed by atoms with Crippen LogP contribution >= 0.6 is 0 Å². The number of rotatable bonds is 6. The van der Waals surface area contributed by atoms with Crippen LogP contribution in [0.1, 0.15) is 24.8 Å². The Hall–Kier alpha value is -2.13. The largest absolute Gasteiger partial charge is 0.445 e. The van der Waals surface area contributed by atoms with Crippen LogP contribution in [0, 0.1) is 0 Å². The van der Waals surface area contributed by atoms with Crippen LogP contribution < -0.4 is 10.6 Å². The molecule has 0 aromatic heterocycles. The molecule has 8 nitrogen and oxygen atoms in total. The molecule has 2 aliphatic rings. The molecule has 2 atom stereocenters.